The maximum absolute atomic E-state index is 3.45. The highest BCUT2D eigenvalue weighted by molar-refractivity contribution is 7.10. The number of likely N-dealkylation sites (N-methyl/N-ethyl adjacent to an activating group) is 1. The second-order valence-corrected chi connectivity index (χ2v) is 5.92. The van der Waals surface area contributed by atoms with Crippen LogP contribution in [0.4, 0.5) is 0 Å². The standard InChI is InChI=1S/C16H21NS/c1-4-17-12(2)9-14-5-7-15(8-6-14)16-10-13(3)18-11-16/h5-8,10-12,17H,4,9H2,1-3H3. The molecule has 0 amide bonds. The van der Waals surface area contributed by atoms with E-state index in [0.717, 1.165) is 13.0 Å². The zero-order valence-electron chi connectivity index (χ0n) is 11.4. The van der Waals surface area contributed by atoms with Gasteiger partial charge in [0.25, 0.3) is 0 Å². The first-order chi connectivity index (χ1) is 8.69. The highest BCUT2D eigenvalue weighted by atomic mass is 32.1. The number of hydrogen-bond donors (Lipinski definition) is 1. The molecule has 96 valence electrons. The molecule has 0 aliphatic carbocycles. The van der Waals surface area contributed by atoms with E-state index in [1.807, 2.05) is 11.3 Å². The van der Waals surface area contributed by atoms with Gasteiger partial charge in [-0.3, -0.25) is 0 Å². The van der Waals surface area contributed by atoms with Gasteiger partial charge in [0.1, 0.15) is 0 Å². The first-order valence-electron chi connectivity index (χ1n) is 6.57. The van der Waals surface area contributed by atoms with Crippen LogP contribution in [0.2, 0.25) is 0 Å². The van der Waals surface area contributed by atoms with Gasteiger partial charge < -0.3 is 5.32 Å². The topological polar surface area (TPSA) is 12.0 Å². The highest BCUT2D eigenvalue weighted by Gasteiger charge is 2.03. The summed E-state index contributed by atoms with van der Waals surface area (Å²) in [7, 11) is 0. The molecule has 2 aromatic rings. The van der Waals surface area contributed by atoms with Crippen LogP contribution < -0.4 is 5.32 Å². The van der Waals surface area contributed by atoms with Crippen molar-refractivity contribution < 1.29 is 0 Å². The Morgan fingerprint density at radius 1 is 1.17 bits per heavy atom. The summed E-state index contributed by atoms with van der Waals surface area (Å²) in [6, 6.07) is 11.8. The third-order valence-corrected chi connectivity index (χ3v) is 3.97. The van der Waals surface area contributed by atoms with Crippen LogP contribution in [-0.4, -0.2) is 12.6 Å². The molecule has 0 fully saturated rings. The van der Waals surface area contributed by atoms with Gasteiger partial charge in [0, 0.05) is 10.9 Å². The van der Waals surface area contributed by atoms with Gasteiger partial charge in [0.2, 0.25) is 0 Å². The van der Waals surface area contributed by atoms with E-state index in [4.69, 9.17) is 0 Å². The lowest BCUT2D eigenvalue weighted by Gasteiger charge is -2.12. The first-order valence-corrected chi connectivity index (χ1v) is 7.45. The maximum atomic E-state index is 3.45. The van der Waals surface area contributed by atoms with Crippen molar-refractivity contribution in [3.63, 3.8) is 0 Å². The van der Waals surface area contributed by atoms with E-state index in [2.05, 4.69) is 61.8 Å². The minimum atomic E-state index is 0.546. The Labute approximate surface area is 114 Å². The van der Waals surface area contributed by atoms with Crippen LogP contribution in [0.5, 0.6) is 0 Å². The third-order valence-electron chi connectivity index (χ3n) is 3.11. The Kier molecular flexibility index (Phi) is 4.56. The van der Waals surface area contributed by atoms with Crippen molar-refractivity contribution in [3.8, 4) is 11.1 Å². The normalized spacial score (nSPS) is 12.6. The van der Waals surface area contributed by atoms with Crippen molar-refractivity contribution >= 4 is 11.3 Å². The summed E-state index contributed by atoms with van der Waals surface area (Å²) < 4.78 is 0. The van der Waals surface area contributed by atoms with Gasteiger partial charge in [-0.25, -0.2) is 0 Å². The summed E-state index contributed by atoms with van der Waals surface area (Å²) in [4.78, 5) is 1.37. The number of rotatable bonds is 5. The average molecular weight is 259 g/mol. The lowest BCUT2D eigenvalue weighted by molar-refractivity contribution is 0.565. The number of benzene rings is 1. The van der Waals surface area contributed by atoms with Crippen molar-refractivity contribution in [1.29, 1.82) is 0 Å². The number of aryl methyl sites for hydroxylation is 1. The van der Waals surface area contributed by atoms with Gasteiger partial charge in [-0.15, -0.1) is 11.3 Å². The summed E-state index contributed by atoms with van der Waals surface area (Å²) >= 11 is 1.81. The highest BCUT2D eigenvalue weighted by Crippen LogP contribution is 2.25. The Morgan fingerprint density at radius 3 is 2.44 bits per heavy atom. The Hall–Kier alpha value is -1.12. The van der Waals surface area contributed by atoms with Crippen LogP contribution >= 0.6 is 11.3 Å². The van der Waals surface area contributed by atoms with Gasteiger partial charge >= 0.3 is 0 Å². The van der Waals surface area contributed by atoms with Crippen molar-refractivity contribution in [2.75, 3.05) is 6.54 Å². The molecule has 0 saturated carbocycles. The van der Waals surface area contributed by atoms with E-state index in [9.17, 15) is 0 Å². The molecule has 2 rings (SSSR count). The van der Waals surface area contributed by atoms with Crippen molar-refractivity contribution in [1.82, 2.24) is 5.32 Å². The average Bonchev–Trinajstić information content (AvgIpc) is 2.77. The van der Waals surface area contributed by atoms with Crippen LogP contribution in [0.15, 0.2) is 35.7 Å². The summed E-state index contributed by atoms with van der Waals surface area (Å²) in [5, 5.41) is 5.67. The van der Waals surface area contributed by atoms with Crippen LogP contribution in [-0.2, 0) is 6.42 Å². The molecule has 1 atom stereocenters. The molecule has 0 aliphatic heterocycles. The van der Waals surface area contributed by atoms with E-state index >= 15 is 0 Å². The fourth-order valence-electron chi connectivity index (χ4n) is 2.20. The molecule has 0 spiro atoms. The van der Waals surface area contributed by atoms with E-state index in [-0.39, 0.29) is 0 Å². The molecule has 1 heterocycles. The molecule has 1 aromatic heterocycles. The van der Waals surface area contributed by atoms with Crippen LogP contribution in [0.3, 0.4) is 0 Å². The largest absolute Gasteiger partial charge is 0.314 e. The van der Waals surface area contributed by atoms with Gasteiger partial charge in [-0.2, -0.15) is 0 Å². The molecule has 1 unspecified atom stereocenters. The van der Waals surface area contributed by atoms with E-state index in [1.165, 1.54) is 21.6 Å². The lowest BCUT2D eigenvalue weighted by Crippen LogP contribution is -2.27. The summed E-state index contributed by atoms with van der Waals surface area (Å²) in [5.41, 5.74) is 4.06. The molecule has 18 heavy (non-hydrogen) atoms. The monoisotopic (exact) mass is 259 g/mol. The minimum absolute atomic E-state index is 0.546. The summed E-state index contributed by atoms with van der Waals surface area (Å²) in [6.45, 7) is 7.58. The Morgan fingerprint density at radius 2 is 1.89 bits per heavy atom. The number of nitrogens with one attached hydrogen (secondary N) is 1. The zero-order chi connectivity index (χ0) is 13.0. The second-order valence-electron chi connectivity index (χ2n) is 4.81. The quantitative estimate of drug-likeness (QED) is 0.846. The molecular weight excluding hydrogens is 238 g/mol. The maximum Gasteiger partial charge on any atom is 0.00790 e. The minimum Gasteiger partial charge on any atom is -0.314 e. The molecule has 0 aliphatic rings. The number of hydrogen-bond acceptors (Lipinski definition) is 2. The Bertz CT molecular complexity index is 484. The van der Waals surface area contributed by atoms with E-state index in [0.29, 0.717) is 6.04 Å². The molecule has 1 N–H and O–H groups in total. The second kappa shape index (κ2) is 6.17. The summed E-state index contributed by atoms with van der Waals surface area (Å²) in [6.07, 6.45) is 1.09. The van der Waals surface area contributed by atoms with Crippen molar-refractivity contribution in [2.24, 2.45) is 0 Å². The Balaban J connectivity index is 2.06. The molecule has 0 bridgehead atoms. The molecule has 1 nitrogen and oxygen atoms in total. The number of thiophene rings is 1. The molecule has 2 heteroatoms. The van der Waals surface area contributed by atoms with Gasteiger partial charge in [0.05, 0.1) is 0 Å². The van der Waals surface area contributed by atoms with Gasteiger partial charge in [-0.1, -0.05) is 31.2 Å². The van der Waals surface area contributed by atoms with Crippen LogP contribution in [0, 0.1) is 6.92 Å². The van der Waals surface area contributed by atoms with Crippen molar-refractivity contribution in [2.45, 2.75) is 33.2 Å². The van der Waals surface area contributed by atoms with Crippen molar-refractivity contribution in [3.05, 3.63) is 46.2 Å². The van der Waals surface area contributed by atoms with Gasteiger partial charge in [-0.05, 0) is 54.9 Å². The van der Waals surface area contributed by atoms with Gasteiger partial charge in [0.15, 0.2) is 0 Å². The molecule has 1 aromatic carbocycles. The summed E-state index contributed by atoms with van der Waals surface area (Å²) in [5.74, 6) is 0. The van der Waals surface area contributed by atoms with E-state index < -0.39 is 0 Å². The SMILES string of the molecule is CCNC(C)Cc1ccc(-c2csc(C)c2)cc1. The predicted molar refractivity (Wildman–Crippen MR) is 81.3 cm³/mol. The molecule has 0 radical (unpaired) electrons. The first kappa shape index (κ1) is 13.3. The smallest absolute Gasteiger partial charge is 0.00790 e. The third kappa shape index (κ3) is 3.44. The van der Waals surface area contributed by atoms with Crippen LogP contribution in [0.25, 0.3) is 11.1 Å². The predicted octanol–water partition coefficient (Wildman–Crippen LogP) is 4.26. The zero-order valence-corrected chi connectivity index (χ0v) is 12.2. The molecule has 0 saturated heterocycles. The lowest BCUT2D eigenvalue weighted by atomic mass is 10.0. The van der Waals surface area contributed by atoms with Crippen LogP contribution in [0.1, 0.15) is 24.3 Å². The fourth-order valence-corrected chi connectivity index (χ4v) is 2.91. The van der Waals surface area contributed by atoms with E-state index in [1.54, 1.807) is 0 Å². The fraction of sp³-hybridized carbons (Fsp3) is 0.375. The molecular formula is C16H21NS.